The van der Waals surface area contributed by atoms with E-state index in [-0.39, 0.29) is 21.2 Å². The van der Waals surface area contributed by atoms with Gasteiger partial charge in [0.2, 0.25) is 10.0 Å². The minimum Gasteiger partial charge on any atom is -0.322 e. The van der Waals surface area contributed by atoms with Crippen LogP contribution in [0.25, 0.3) is 0 Å². The topological polar surface area (TPSA) is 118 Å². The van der Waals surface area contributed by atoms with Gasteiger partial charge in [-0.1, -0.05) is 24.9 Å². The summed E-state index contributed by atoms with van der Waals surface area (Å²) in [7, 11) is -3.60. The van der Waals surface area contributed by atoms with Gasteiger partial charge in [0.05, 0.1) is 20.4 Å². The van der Waals surface area contributed by atoms with Gasteiger partial charge in [0, 0.05) is 24.4 Å². The number of carbonyl (C=O) groups excluding carboxylic acids is 1. The van der Waals surface area contributed by atoms with E-state index in [9.17, 15) is 23.3 Å². The van der Waals surface area contributed by atoms with Gasteiger partial charge in [0.1, 0.15) is 0 Å². The summed E-state index contributed by atoms with van der Waals surface area (Å²) in [6.07, 6.45) is 1.61. The van der Waals surface area contributed by atoms with E-state index in [0.29, 0.717) is 12.2 Å². The molecule has 0 aliphatic carbocycles. The number of halogens is 1. The van der Waals surface area contributed by atoms with Gasteiger partial charge in [-0.15, -0.1) is 0 Å². The predicted molar refractivity (Wildman–Crippen MR) is 103 cm³/mol. The zero-order valence-corrected chi connectivity index (χ0v) is 16.0. The number of benzene rings is 2. The Balaban J connectivity index is 2.10. The van der Waals surface area contributed by atoms with Crippen molar-refractivity contribution < 1.29 is 18.1 Å². The van der Waals surface area contributed by atoms with E-state index >= 15 is 0 Å². The molecule has 2 N–H and O–H groups in total. The Morgan fingerprint density at radius 1 is 1.19 bits per heavy atom. The maximum atomic E-state index is 12.3. The van der Waals surface area contributed by atoms with Gasteiger partial charge in [-0.3, -0.25) is 14.9 Å². The van der Waals surface area contributed by atoms with Crippen LogP contribution >= 0.6 is 11.6 Å². The lowest BCUT2D eigenvalue weighted by molar-refractivity contribution is -0.384. The highest BCUT2D eigenvalue weighted by Gasteiger charge is 2.16. The summed E-state index contributed by atoms with van der Waals surface area (Å²) in [5.41, 5.74) is 0.212. The highest BCUT2D eigenvalue weighted by Crippen LogP contribution is 2.23. The van der Waals surface area contributed by atoms with Crippen molar-refractivity contribution in [3.8, 4) is 0 Å². The maximum absolute atomic E-state index is 12.3. The Hall–Kier alpha value is -2.49. The molecule has 144 valence electrons. The summed E-state index contributed by atoms with van der Waals surface area (Å²) in [4.78, 5) is 22.5. The Morgan fingerprint density at radius 3 is 2.41 bits per heavy atom. The minimum atomic E-state index is -3.60. The molecule has 0 fully saturated rings. The number of unbranched alkanes of at least 4 members (excludes halogenated alkanes) is 1. The molecule has 0 saturated carbocycles. The van der Waals surface area contributed by atoms with Crippen LogP contribution in [0.5, 0.6) is 0 Å². The molecular formula is C17H18ClN3O5S. The second-order valence-electron chi connectivity index (χ2n) is 5.65. The van der Waals surface area contributed by atoms with Gasteiger partial charge in [-0.25, -0.2) is 13.1 Å². The number of carbonyl (C=O) groups is 1. The monoisotopic (exact) mass is 411 g/mol. The summed E-state index contributed by atoms with van der Waals surface area (Å²) in [6, 6.07) is 9.18. The normalized spacial score (nSPS) is 11.2. The van der Waals surface area contributed by atoms with Gasteiger partial charge in [0.25, 0.3) is 11.6 Å². The SMILES string of the molecule is CCCCNS(=O)(=O)c1ccc(NC(=O)c2ccc([N+](=O)[O-])cc2Cl)cc1. The molecule has 0 bridgehead atoms. The van der Waals surface area contributed by atoms with Crippen molar-refractivity contribution in [2.75, 3.05) is 11.9 Å². The molecule has 8 nitrogen and oxygen atoms in total. The summed E-state index contributed by atoms with van der Waals surface area (Å²) in [5, 5.41) is 13.2. The summed E-state index contributed by atoms with van der Waals surface area (Å²) < 4.78 is 26.7. The summed E-state index contributed by atoms with van der Waals surface area (Å²) in [6.45, 7) is 2.32. The van der Waals surface area contributed by atoms with Crippen LogP contribution in [-0.4, -0.2) is 25.8 Å². The molecule has 0 aliphatic heterocycles. The third kappa shape index (κ3) is 5.49. The van der Waals surface area contributed by atoms with E-state index in [1.165, 1.54) is 36.4 Å². The van der Waals surface area contributed by atoms with E-state index < -0.39 is 20.9 Å². The number of nitrogens with one attached hydrogen (secondary N) is 2. The number of hydrogen-bond acceptors (Lipinski definition) is 5. The Morgan fingerprint density at radius 2 is 1.85 bits per heavy atom. The van der Waals surface area contributed by atoms with E-state index in [4.69, 9.17) is 11.6 Å². The van der Waals surface area contributed by atoms with Crippen LogP contribution in [0.15, 0.2) is 47.4 Å². The molecule has 2 rings (SSSR count). The van der Waals surface area contributed by atoms with Gasteiger partial charge < -0.3 is 5.32 Å². The number of hydrogen-bond donors (Lipinski definition) is 2. The average Bonchev–Trinajstić information content (AvgIpc) is 2.62. The van der Waals surface area contributed by atoms with Crippen LogP contribution in [0.1, 0.15) is 30.1 Å². The number of non-ortho nitro benzene ring substituents is 1. The molecule has 0 spiro atoms. The van der Waals surface area contributed by atoms with Crippen molar-refractivity contribution in [2.24, 2.45) is 0 Å². The number of anilines is 1. The third-order valence-electron chi connectivity index (χ3n) is 3.65. The first kappa shape index (κ1) is 20.8. The number of nitro benzene ring substituents is 1. The van der Waals surface area contributed by atoms with Crippen molar-refractivity contribution >= 4 is 38.9 Å². The average molecular weight is 412 g/mol. The lowest BCUT2D eigenvalue weighted by Gasteiger charge is -2.09. The lowest BCUT2D eigenvalue weighted by atomic mass is 10.2. The quantitative estimate of drug-likeness (QED) is 0.391. The maximum Gasteiger partial charge on any atom is 0.270 e. The van der Waals surface area contributed by atoms with Crippen LogP contribution in [0.4, 0.5) is 11.4 Å². The van der Waals surface area contributed by atoms with Gasteiger partial charge in [-0.05, 0) is 36.8 Å². The van der Waals surface area contributed by atoms with Crippen molar-refractivity contribution in [1.29, 1.82) is 0 Å². The first-order chi connectivity index (χ1) is 12.7. The Kier molecular flexibility index (Phi) is 6.89. The third-order valence-corrected chi connectivity index (χ3v) is 5.44. The molecule has 0 atom stereocenters. The molecule has 27 heavy (non-hydrogen) atoms. The Bertz CT molecular complexity index is 946. The number of nitrogens with zero attached hydrogens (tertiary/aromatic N) is 1. The zero-order chi connectivity index (χ0) is 20.0. The van der Waals surface area contributed by atoms with Crippen LogP contribution in [0.3, 0.4) is 0 Å². The van der Waals surface area contributed by atoms with Crippen molar-refractivity contribution in [1.82, 2.24) is 4.72 Å². The van der Waals surface area contributed by atoms with Crippen molar-refractivity contribution in [2.45, 2.75) is 24.7 Å². The van der Waals surface area contributed by atoms with Gasteiger partial charge in [-0.2, -0.15) is 0 Å². The number of sulfonamides is 1. The highest BCUT2D eigenvalue weighted by molar-refractivity contribution is 7.89. The van der Waals surface area contributed by atoms with Crippen LogP contribution in [0, 0.1) is 10.1 Å². The number of amides is 1. The largest absolute Gasteiger partial charge is 0.322 e. The summed E-state index contributed by atoms with van der Waals surface area (Å²) in [5.74, 6) is -0.563. The van der Waals surface area contributed by atoms with E-state index in [0.717, 1.165) is 18.9 Å². The van der Waals surface area contributed by atoms with E-state index in [2.05, 4.69) is 10.0 Å². The fraction of sp³-hybridized carbons (Fsp3) is 0.235. The first-order valence-electron chi connectivity index (χ1n) is 8.09. The second-order valence-corrected chi connectivity index (χ2v) is 7.83. The fourth-order valence-corrected chi connectivity index (χ4v) is 3.52. The Labute approximate surface area is 161 Å². The first-order valence-corrected chi connectivity index (χ1v) is 9.95. The summed E-state index contributed by atoms with van der Waals surface area (Å²) >= 11 is 5.93. The fourth-order valence-electron chi connectivity index (χ4n) is 2.18. The molecule has 10 heteroatoms. The second kappa shape index (κ2) is 8.94. The predicted octanol–water partition coefficient (Wildman–Crippen LogP) is 3.58. The molecular weight excluding hydrogens is 394 g/mol. The molecule has 2 aromatic rings. The van der Waals surface area contributed by atoms with Crippen LogP contribution in [-0.2, 0) is 10.0 Å². The molecule has 0 aromatic heterocycles. The number of rotatable bonds is 8. The minimum absolute atomic E-state index is 0.0546. The standard InChI is InChI=1S/C17H18ClN3O5S/c1-2-3-10-19-27(25,26)14-7-4-12(5-8-14)20-17(22)15-9-6-13(21(23)24)11-16(15)18/h4-9,11,19H,2-3,10H2,1H3,(H,20,22). The van der Waals surface area contributed by atoms with Crippen LogP contribution in [0.2, 0.25) is 5.02 Å². The highest BCUT2D eigenvalue weighted by atomic mass is 35.5. The molecule has 0 radical (unpaired) electrons. The van der Waals surface area contributed by atoms with Crippen molar-refractivity contribution in [3.63, 3.8) is 0 Å². The number of nitro groups is 1. The molecule has 1 amide bonds. The molecule has 0 aliphatic rings. The smallest absolute Gasteiger partial charge is 0.270 e. The van der Waals surface area contributed by atoms with Gasteiger partial charge >= 0.3 is 0 Å². The van der Waals surface area contributed by atoms with Crippen molar-refractivity contribution in [3.05, 3.63) is 63.2 Å². The van der Waals surface area contributed by atoms with Gasteiger partial charge in [0.15, 0.2) is 0 Å². The zero-order valence-electron chi connectivity index (χ0n) is 14.4. The van der Waals surface area contributed by atoms with E-state index in [1.807, 2.05) is 6.92 Å². The molecule has 0 unspecified atom stereocenters. The van der Waals surface area contributed by atoms with E-state index in [1.54, 1.807) is 0 Å². The molecule has 0 saturated heterocycles. The lowest BCUT2D eigenvalue weighted by Crippen LogP contribution is -2.24. The van der Waals surface area contributed by atoms with Crippen LogP contribution < -0.4 is 10.0 Å². The molecule has 0 heterocycles. The molecule has 2 aromatic carbocycles.